The molecule has 0 unspecified atom stereocenters. The van der Waals surface area contributed by atoms with Crippen LogP contribution in [0, 0.1) is 0 Å². The van der Waals surface area contributed by atoms with Crippen LogP contribution in [0.25, 0.3) is 0 Å². The maximum atomic E-state index is 10.9. The maximum absolute atomic E-state index is 10.9. The maximum Gasteiger partial charge on any atom is 0.243 e. The molecule has 0 atom stereocenters. The Morgan fingerprint density at radius 2 is 2.31 bits per heavy atom. The number of nitrogens with zero attached hydrogens (tertiary/aromatic N) is 2. The van der Waals surface area contributed by atoms with Crippen LogP contribution in [-0.2, 0) is 16.8 Å². The Bertz CT molecular complexity index is 374. The first-order valence-electron chi connectivity index (χ1n) is 5.36. The van der Waals surface area contributed by atoms with E-state index in [1.807, 2.05) is 17.1 Å². The Morgan fingerprint density at radius 3 is 2.81 bits per heavy atom. The SMILES string of the molecule is C=CC(=O)NCCn1cc(C(C)(C)C)cn1. The molecule has 1 amide bonds. The summed E-state index contributed by atoms with van der Waals surface area (Å²) < 4.78 is 1.84. The lowest BCUT2D eigenvalue weighted by molar-refractivity contribution is -0.116. The van der Waals surface area contributed by atoms with E-state index < -0.39 is 0 Å². The molecule has 4 nitrogen and oxygen atoms in total. The average molecular weight is 221 g/mol. The van der Waals surface area contributed by atoms with Crippen molar-refractivity contribution in [3.63, 3.8) is 0 Å². The summed E-state index contributed by atoms with van der Waals surface area (Å²) in [6.07, 6.45) is 5.15. The molecule has 0 aromatic carbocycles. The molecule has 1 N–H and O–H groups in total. The molecule has 0 aliphatic heterocycles. The summed E-state index contributed by atoms with van der Waals surface area (Å²) in [5.74, 6) is -0.150. The zero-order valence-electron chi connectivity index (χ0n) is 10.2. The molecular formula is C12H19N3O. The van der Waals surface area contributed by atoms with Crippen LogP contribution in [0.1, 0.15) is 26.3 Å². The summed E-state index contributed by atoms with van der Waals surface area (Å²) in [4.78, 5) is 10.9. The largest absolute Gasteiger partial charge is 0.351 e. The predicted molar refractivity (Wildman–Crippen MR) is 64.1 cm³/mol. The van der Waals surface area contributed by atoms with E-state index in [9.17, 15) is 4.79 Å². The Morgan fingerprint density at radius 1 is 1.62 bits per heavy atom. The summed E-state index contributed by atoms with van der Waals surface area (Å²) >= 11 is 0. The van der Waals surface area contributed by atoms with E-state index >= 15 is 0 Å². The highest BCUT2D eigenvalue weighted by Crippen LogP contribution is 2.20. The predicted octanol–water partition coefficient (Wildman–Crippen LogP) is 1.48. The van der Waals surface area contributed by atoms with Crippen molar-refractivity contribution < 1.29 is 4.79 Å². The smallest absolute Gasteiger partial charge is 0.243 e. The van der Waals surface area contributed by atoms with Gasteiger partial charge in [-0.3, -0.25) is 9.48 Å². The van der Waals surface area contributed by atoms with E-state index in [1.54, 1.807) is 0 Å². The highest BCUT2D eigenvalue weighted by Gasteiger charge is 2.15. The minimum absolute atomic E-state index is 0.114. The number of aromatic nitrogens is 2. The zero-order valence-corrected chi connectivity index (χ0v) is 10.2. The van der Waals surface area contributed by atoms with Crippen molar-refractivity contribution in [3.8, 4) is 0 Å². The first kappa shape index (κ1) is 12.5. The highest BCUT2D eigenvalue weighted by atomic mass is 16.1. The molecule has 4 heteroatoms. The van der Waals surface area contributed by atoms with Gasteiger partial charge >= 0.3 is 0 Å². The Balaban J connectivity index is 2.47. The van der Waals surface area contributed by atoms with Gasteiger partial charge in [-0.05, 0) is 17.1 Å². The molecule has 0 aliphatic carbocycles. The zero-order chi connectivity index (χ0) is 12.2. The van der Waals surface area contributed by atoms with Crippen molar-refractivity contribution in [1.29, 1.82) is 0 Å². The molecule has 88 valence electrons. The van der Waals surface area contributed by atoms with Gasteiger partial charge in [-0.25, -0.2) is 0 Å². The van der Waals surface area contributed by atoms with Gasteiger partial charge in [0.1, 0.15) is 0 Å². The number of rotatable bonds is 4. The van der Waals surface area contributed by atoms with Crippen LogP contribution in [-0.4, -0.2) is 22.2 Å². The van der Waals surface area contributed by atoms with Crippen LogP contribution in [0.5, 0.6) is 0 Å². The number of carbonyl (C=O) groups excluding carboxylic acids is 1. The topological polar surface area (TPSA) is 46.9 Å². The standard InChI is InChI=1S/C12H19N3O/c1-5-11(16)13-6-7-15-9-10(8-14-15)12(2,3)4/h5,8-9H,1,6-7H2,2-4H3,(H,13,16). The molecule has 0 saturated carbocycles. The van der Waals surface area contributed by atoms with Crippen molar-refractivity contribution in [2.75, 3.05) is 6.54 Å². The van der Waals surface area contributed by atoms with Gasteiger partial charge in [-0.2, -0.15) is 5.10 Å². The van der Waals surface area contributed by atoms with E-state index in [1.165, 1.54) is 11.6 Å². The molecule has 1 aromatic heterocycles. The van der Waals surface area contributed by atoms with Gasteiger partial charge in [0.2, 0.25) is 5.91 Å². The van der Waals surface area contributed by atoms with Crippen LogP contribution in [0.2, 0.25) is 0 Å². The highest BCUT2D eigenvalue weighted by molar-refractivity contribution is 5.86. The third kappa shape index (κ3) is 3.53. The van der Waals surface area contributed by atoms with Gasteiger partial charge in [0, 0.05) is 12.7 Å². The fraction of sp³-hybridized carbons (Fsp3) is 0.500. The van der Waals surface area contributed by atoms with Crippen LogP contribution in [0.15, 0.2) is 25.0 Å². The van der Waals surface area contributed by atoms with Gasteiger partial charge in [0.05, 0.1) is 12.7 Å². The van der Waals surface area contributed by atoms with Gasteiger partial charge in [-0.1, -0.05) is 27.4 Å². The monoisotopic (exact) mass is 221 g/mol. The summed E-state index contributed by atoms with van der Waals surface area (Å²) in [5.41, 5.74) is 1.31. The first-order chi connectivity index (χ1) is 7.43. The second kappa shape index (κ2) is 4.96. The van der Waals surface area contributed by atoms with Crippen molar-refractivity contribution in [2.24, 2.45) is 0 Å². The van der Waals surface area contributed by atoms with E-state index in [2.05, 4.69) is 37.8 Å². The number of hydrogen-bond donors (Lipinski definition) is 1. The first-order valence-corrected chi connectivity index (χ1v) is 5.36. The average Bonchev–Trinajstić information content (AvgIpc) is 2.65. The van der Waals surface area contributed by atoms with Crippen molar-refractivity contribution >= 4 is 5.91 Å². The Hall–Kier alpha value is -1.58. The lowest BCUT2D eigenvalue weighted by Gasteiger charge is -2.15. The Labute approximate surface area is 96.3 Å². The Kier molecular flexibility index (Phi) is 3.88. The van der Waals surface area contributed by atoms with Gasteiger partial charge < -0.3 is 5.32 Å². The fourth-order valence-electron chi connectivity index (χ4n) is 1.24. The van der Waals surface area contributed by atoms with E-state index in [-0.39, 0.29) is 11.3 Å². The lowest BCUT2D eigenvalue weighted by Crippen LogP contribution is -2.25. The van der Waals surface area contributed by atoms with Crippen LogP contribution in [0.4, 0.5) is 0 Å². The molecule has 16 heavy (non-hydrogen) atoms. The molecule has 0 bridgehead atoms. The number of amides is 1. The second-order valence-corrected chi connectivity index (χ2v) is 4.74. The molecule has 0 fully saturated rings. The number of hydrogen-bond acceptors (Lipinski definition) is 2. The quantitative estimate of drug-likeness (QED) is 0.783. The number of carbonyl (C=O) groups is 1. The minimum Gasteiger partial charge on any atom is -0.351 e. The van der Waals surface area contributed by atoms with E-state index in [0.717, 1.165) is 0 Å². The number of nitrogens with one attached hydrogen (secondary N) is 1. The van der Waals surface area contributed by atoms with Crippen LogP contribution in [0.3, 0.4) is 0 Å². The third-order valence-electron chi connectivity index (χ3n) is 2.32. The molecule has 1 aromatic rings. The summed E-state index contributed by atoms with van der Waals surface area (Å²) in [6.45, 7) is 11.1. The summed E-state index contributed by atoms with van der Waals surface area (Å²) in [6, 6.07) is 0. The molecule has 1 rings (SSSR count). The molecule has 0 spiro atoms. The molecular weight excluding hydrogens is 202 g/mol. The van der Waals surface area contributed by atoms with E-state index in [0.29, 0.717) is 13.1 Å². The summed E-state index contributed by atoms with van der Waals surface area (Å²) in [5, 5.41) is 6.96. The van der Waals surface area contributed by atoms with Gasteiger partial charge in [0.15, 0.2) is 0 Å². The van der Waals surface area contributed by atoms with Crippen molar-refractivity contribution in [1.82, 2.24) is 15.1 Å². The molecule has 0 radical (unpaired) electrons. The van der Waals surface area contributed by atoms with Crippen molar-refractivity contribution in [2.45, 2.75) is 32.7 Å². The fourth-order valence-corrected chi connectivity index (χ4v) is 1.24. The molecule has 0 saturated heterocycles. The second-order valence-electron chi connectivity index (χ2n) is 4.74. The molecule has 0 aliphatic rings. The lowest BCUT2D eigenvalue weighted by atomic mass is 9.90. The third-order valence-corrected chi connectivity index (χ3v) is 2.32. The van der Waals surface area contributed by atoms with Crippen molar-refractivity contribution in [3.05, 3.63) is 30.6 Å². The van der Waals surface area contributed by atoms with Gasteiger partial charge in [0.25, 0.3) is 0 Å². The normalized spacial score (nSPS) is 11.2. The van der Waals surface area contributed by atoms with Crippen LogP contribution >= 0.6 is 0 Å². The molecule has 1 heterocycles. The summed E-state index contributed by atoms with van der Waals surface area (Å²) in [7, 11) is 0. The van der Waals surface area contributed by atoms with E-state index in [4.69, 9.17) is 0 Å². The van der Waals surface area contributed by atoms with Crippen LogP contribution < -0.4 is 5.32 Å². The van der Waals surface area contributed by atoms with Gasteiger partial charge in [-0.15, -0.1) is 0 Å². The minimum atomic E-state index is -0.150.